The lowest BCUT2D eigenvalue weighted by molar-refractivity contribution is 0.0686. The first-order valence-electron chi connectivity index (χ1n) is 11.4. The number of aromatic carboxylic acids is 1. The van der Waals surface area contributed by atoms with E-state index in [0.29, 0.717) is 11.6 Å². The van der Waals surface area contributed by atoms with Gasteiger partial charge >= 0.3 is 5.97 Å². The van der Waals surface area contributed by atoms with Gasteiger partial charge in [-0.05, 0) is 38.0 Å². The van der Waals surface area contributed by atoms with Gasteiger partial charge in [0.05, 0.1) is 41.3 Å². The number of aryl methyl sites for hydroxylation is 4. The number of pyridine rings is 3. The summed E-state index contributed by atoms with van der Waals surface area (Å²) in [4.78, 5) is 25.9. The summed E-state index contributed by atoms with van der Waals surface area (Å²) in [6.07, 6.45) is 6.81. The van der Waals surface area contributed by atoms with Crippen molar-refractivity contribution >= 4 is 27.8 Å². The predicted molar refractivity (Wildman–Crippen MR) is 133 cm³/mol. The molecule has 0 bridgehead atoms. The third-order valence-electron chi connectivity index (χ3n) is 6.43. The molecule has 5 rings (SSSR count). The first-order chi connectivity index (χ1) is 16.8. The fraction of sp³-hybridized carbons (Fsp3) is 0.269. The SMILES string of the molecule is CCCc1nc(-n2ncc3c(C)nc(-c4cnccc4OC)cc32)cc2c1c(C)c(C(=O)O)n2C. The van der Waals surface area contributed by atoms with E-state index in [2.05, 4.69) is 17.0 Å². The lowest BCUT2D eigenvalue weighted by Crippen LogP contribution is -2.06. The third kappa shape index (κ3) is 3.51. The number of nitrogens with zero attached hydrogens (tertiary/aromatic N) is 6. The summed E-state index contributed by atoms with van der Waals surface area (Å²) >= 11 is 0. The molecule has 9 nitrogen and oxygen atoms in total. The number of rotatable bonds is 6. The van der Waals surface area contributed by atoms with Crippen molar-refractivity contribution < 1.29 is 14.6 Å². The highest BCUT2D eigenvalue weighted by Gasteiger charge is 2.22. The number of aromatic nitrogens is 6. The molecule has 35 heavy (non-hydrogen) atoms. The van der Waals surface area contributed by atoms with E-state index in [1.54, 1.807) is 48.1 Å². The Labute approximate surface area is 202 Å². The molecule has 0 fully saturated rings. The highest BCUT2D eigenvalue weighted by atomic mass is 16.5. The minimum Gasteiger partial charge on any atom is -0.496 e. The fourth-order valence-corrected chi connectivity index (χ4v) is 4.81. The summed E-state index contributed by atoms with van der Waals surface area (Å²) in [6, 6.07) is 5.66. The predicted octanol–water partition coefficient (Wildman–Crippen LogP) is 4.65. The first kappa shape index (κ1) is 22.5. The van der Waals surface area contributed by atoms with Crippen LogP contribution in [0.5, 0.6) is 5.75 Å². The summed E-state index contributed by atoms with van der Waals surface area (Å²) in [5.41, 5.74) is 5.86. The standard InChI is InChI=1S/C26H26N6O3/c1-6-7-18-24-14(2)25(26(33)34)31(4)21(24)11-23(30-18)32-20-10-19(29-15(3)16(20)13-28-32)17-12-27-9-8-22(17)35-5/h8-13H,6-7H2,1-5H3,(H,33,34). The van der Waals surface area contributed by atoms with E-state index < -0.39 is 5.97 Å². The number of carboxylic acids is 1. The molecule has 0 unspecified atom stereocenters. The number of carbonyl (C=O) groups is 1. The van der Waals surface area contributed by atoms with Crippen LogP contribution in [0, 0.1) is 13.8 Å². The van der Waals surface area contributed by atoms with Gasteiger partial charge in [0.1, 0.15) is 11.4 Å². The summed E-state index contributed by atoms with van der Waals surface area (Å²) < 4.78 is 9.03. The number of hydrogen-bond acceptors (Lipinski definition) is 6. The molecular formula is C26H26N6O3. The van der Waals surface area contributed by atoms with Crippen molar-refractivity contribution in [2.24, 2.45) is 7.05 Å². The Bertz CT molecular complexity index is 1620. The number of carboxylic acid groups (broad SMARTS) is 1. The molecule has 0 atom stereocenters. The van der Waals surface area contributed by atoms with Gasteiger partial charge in [0.2, 0.25) is 0 Å². The van der Waals surface area contributed by atoms with Gasteiger partial charge < -0.3 is 14.4 Å². The molecule has 5 heterocycles. The van der Waals surface area contributed by atoms with Gasteiger partial charge in [0.25, 0.3) is 0 Å². The van der Waals surface area contributed by atoms with Crippen LogP contribution in [-0.4, -0.2) is 47.5 Å². The van der Waals surface area contributed by atoms with Gasteiger partial charge in [-0.15, -0.1) is 0 Å². The Morgan fingerprint density at radius 1 is 1.14 bits per heavy atom. The Morgan fingerprint density at radius 2 is 1.94 bits per heavy atom. The van der Waals surface area contributed by atoms with E-state index in [0.717, 1.165) is 62.9 Å². The maximum Gasteiger partial charge on any atom is 0.352 e. The van der Waals surface area contributed by atoms with Crippen LogP contribution in [-0.2, 0) is 13.5 Å². The van der Waals surface area contributed by atoms with Crippen LogP contribution in [0.3, 0.4) is 0 Å². The van der Waals surface area contributed by atoms with E-state index in [4.69, 9.17) is 14.7 Å². The van der Waals surface area contributed by atoms with Gasteiger partial charge in [-0.3, -0.25) is 9.97 Å². The van der Waals surface area contributed by atoms with E-state index in [1.807, 2.05) is 26.0 Å². The number of hydrogen-bond donors (Lipinski definition) is 1. The highest BCUT2D eigenvalue weighted by Crippen LogP contribution is 2.33. The Morgan fingerprint density at radius 3 is 2.66 bits per heavy atom. The van der Waals surface area contributed by atoms with Gasteiger partial charge in [0.15, 0.2) is 5.82 Å². The van der Waals surface area contributed by atoms with Crippen LogP contribution >= 0.6 is 0 Å². The number of fused-ring (bicyclic) bond motifs is 2. The fourth-order valence-electron chi connectivity index (χ4n) is 4.81. The molecule has 5 aromatic heterocycles. The van der Waals surface area contributed by atoms with Crippen molar-refractivity contribution in [1.82, 2.24) is 29.3 Å². The molecule has 5 aromatic rings. The van der Waals surface area contributed by atoms with E-state index >= 15 is 0 Å². The second kappa shape index (κ2) is 8.50. The molecule has 178 valence electrons. The molecule has 0 amide bonds. The molecule has 0 saturated carbocycles. The Hall–Kier alpha value is -4.27. The largest absolute Gasteiger partial charge is 0.496 e. The number of methoxy groups -OCH3 is 1. The molecule has 1 N–H and O–H groups in total. The van der Waals surface area contributed by atoms with E-state index in [-0.39, 0.29) is 5.69 Å². The summed E-state index contributed by atoms with van der Waals surface area (Å²) in [5.74, 6) is 0.359. The van der Waals surface area contributed by atoms with Crippen LogP contribution in [0.1, 0.15) is 40.8 Å². The Kier molecular flexibility index (Phi) is 5.47. The van der Waals surface area contributed by atoms with Gasteiger partial charge in [0, 0.05) is 42.0 Å². The molecule has 0 saturated heterocycles. The van der Waals surface area contributed by atoms with Crippen LogP contribution in [0.2, 0.25) is 0 Å². The molecule has 0 aliphatic carbocycles. The minimum atomic E-state index is -0.952. The average Bonchev–Trinajstić information content (AvgIpc) is 3.38. The Balaban J connectivity index is 1.78. The molecule has 0 radical (unpaired) electrons. The molecular weight excluding hydrogens is 444 g/mol. The van der Waals surface area contributed by atoms with Crippen LogP contribution in [0.4, 0.5) is 0 Å². The molecule has 0 aliphatic rings. The normalized spacial score (nSPS) is 11.5. The zero-order chi connectivity index (χ0) is 24.9. The quantitative estimate of drug-likeness (QED) is 0.385. The summed E-state index contributed by atoms with van der Waals surface area (Å²) in [7, 11) is 3.40. The second-order valence-electron chi connectivity index (χ2n) is 8.57. The van der Waals surface area contributed by atoms with Crippen molar-refractivity contribution in [3.8, 4) is 22.8 Å². The zero-order valence-electron chi connectivity index (χ0n) is 20.3. The second-order valence-corrected chi connectivity index (χ2v) is 8.57. The average molecular weight is 471 g/mol. The maximum absolute atomic E-state index is 12.0. The highest BCUT2D eigenvalue weighted by molar-refractivity contribution is 5.99. The first-order valence-corrected chi connectivity index (χ1v) is 11.4. The van der Waals surface area contributed by atoms with Crippen LogP contribution < -0.4 is 4.74 Å². The topological polar surface area (TPSA) is 108 Å². The summed E-state index contributed by atoms with van der Waals surface area (Å²) in [5, 5.41) is 16.2. The number of ether oxygens (including phenoxy) is 1. The van der Waals surface area contributed by atoms with Crippen molar-refractivity contribution in [3.63, 3.8) is 0 Å². The zero-order valence-corrected chi connectivity index (χ0v) is 20.3. The molecule has 0 aliphatic heterocycles. The van der Waals surface area contributed by atoms with Crippen molar-refractivity contribution in [2.45, 2.75) is 33.6 Å². The van der Waals surface area contributed by atoms with Crippen LogP contribution in [0.15, 0.2) is 36.8 Å². The third-order valence-corrected chi connectivity index (χ3v) is 6.43. The van der Waals surface area contributed by atoms with Crippen LogP contribution in [0.25, 0.3) is 38.9 Å². The summed E-state index contributed by atoms with van der Waals surface area (Å²) in [6.45, 7) is 5.88. The lowest BCUT2D eigenvalue weighted by atomic mass is 10.1. The van der Waals surface area contributed by atoms with E-state index in [1.165, 1.54) is 0 Å². The molecule has 9 heteroatoms. The minimum absolute atomic E-state index is 0.271. The van der Waals surface area contributed by atoms with Gasteiger partial charge in [-0.2, -0.15) is 5.10 Å². The molecule has 0 aromatic carbocycles. The lowest BCUT2D eigenvalue weighted by Gasteiger charge is -2.11. The smallest absolute Gasteiger partial charge is 0.352 e. The van der Waals surface area contributed by atoms with Gasteiger partial charge in [-0.1, -0.05) is 13.3 Å². The van der Waals surface area contributed by atoms with Crippen molar-refractivity contribution in [3.05, 3.63) is 59.4 Å². The monoisotopic (exact) mass is 470 g/mol. The molecule has 0 spiro atoms. The van der Waals surface area contributed by atoms with Gasteiger partial charge in [-0.25, -0.2) is 14.5 Å². The van der Waals surface area contributed by atoms with Crippen molar-refractivity contribution in [1.29, 1.82) is 0 Å². The van der Waals surface area contributed by atoms with Crippen molar-refractivity contribution in [2.75, 3.05) is 7.11 Å². The maximum atomic E-state index is 12.0. The van der Waals surface area contributed by atoms with E-state index in [9.17, 15) is 9.90 Å².